The standard InChI is InChI=1S/C13H20FNO/c1-10(6-7-16-2)13(9-15)11-4-3-5-12(14)8-11/h3-5,8,10,13H,6-7,9,15H2,1-2H3. The number of ether oxygens (including phenoxy) is 1. The predicted molar refractivity (Wildman–Crippen MR) is 63.9 cm³/mol. The average Bonchev–Trinajstić information content (AvgIpc) is 2.27. The molecule has 1 aromatic carbocycles. The molecule has 2 atom stereocenters. The largest absolute Gasteiger partial charge is 0.385 e. The molecule has 3 heteroatoms. The summed E-state index contributed by atoms with van der Waals surface area (Å²) >= 11 is 0. The van der Waals surface area contributed by atoms with Gasteiger partial charge in [-0.3, -0.25) is 0 Å². The van der Waals surface area contributed by atoms with Crippen LogP contribution in [0.1, 0.15) is 24.8 Å². The Labute approximate surface area is 96.6 Å². The molecule has 0 heterocycles. The number of hydrogen-bond acceptors (Lipinski definition) is 2. The summed E-state index contributed by atoms with van der Waals surface area (Å²) in [5.74, 6) is 0.396. The first-order chi connectivity index (χ1) is 7.69. The number of halogens is 1. The Morgan fingerprint density at radius 3 is 2.75 bits per heavy atom. The van der Waals surface area contributed by atoms with Crippen LogP contribution in [-0.2, 0) is 4.74 Å². The molecule has 0 radical (unpaired) electrons. The zero-order valence-electron chi connectivity index (χ0n) is 9.95. The first kappa shape index (κ1) is 13.1. The minimum atomic E-state index is -0.199. The average molecular weight is 225 g/mol. The van der Waals surface area contributed by atoms with Crippen molar-refractivity contribution in [1.29, 1.82) is 0 Å². The molecule has 2 N–H and O–H groups in total. The van der Waals surface area contributed by atoms with Gasteiger partial charge in [0.2, 0.25) is 0 Å². The maximum atomic E-state index is 13.1. The molecule has 0 fully saturated rings. The van der Waals surface area contributed by atoms with Gasteiger partial charge in [0.25, 0.3) is 0 Å². The van der Waals surface area contributed by atoms with Crippen LogP contribution in [0.5, 0.6) is 0 Å². The van der Waals surface area contributed by atoms with Crippen LogP contribution >= 0.6 is 0 Å². The first-order valence-corrected chi connectivity index (χ1v) is 5.63. The van der Waals surface area contributed by atoms with Crippen molar-refractivity contribution < 1.29 is 9.13 Å². The van der Waals surface area contributed by atoms with E-state index in [2.05, 4.69) is 6.92 Å². The monoisotopic (exact) mass is 225 g/mol. The van der Waals surface area contributed by atoms with Gasteiger partial charge >= 0.3 is 0 Å². The van der Waals surface area contributed by atoms with E-state index in [0.29, 0.717) is 19.1 Å². The predicted octanol–water partition coefficient (Wildman–Crippen LogP) is 2.54. The first-order valence-electron chi connectivity index (χ1n) is 5.63. The molecular weight excluding hydrogens is 205 g/mol. The van der Waals surface area contributed by atoms with Crippen LogP contribution in [0.2, 0.25) is 0 Å². The van der Waals surface area contributed by atoms with Crippen molar-refractivity contribution in [2.45, 2.75) is 19.3 Å². The zero-order chi connectivity index (χ0) is 12.0. The zero-order valence-corrected chi connectivity index (χ0v) is 9.95. The summed E-state index contributed by atoms with van der Waals surface area (Å²) in [5, 5.41) is 0. The van der Waals surface area contributed by atoms with Crippen LogP contribution in [0.25, 0.3) is 0 Å². The third-order valence-corrected chi connectivity index (χ3v) is 2.99. The van der Waals surface area contributed by atoms with E-state index in [1.54, 1.807) is 19.2 Å². The second-order valence-corrected chi connectivity index (χ2v) is 4.16. The van der Waals surface area contributed by atoms with E-state index in [4.69, 9.17) is 10.5 Å². The van der Waals surface area contributed by atoms with Crippen molar-refractivity contribution >= 4 is 0 Å². The summed E-state index contributed by atoms with van der Waals surface area (Å²) in [6.07, 6.45) is 0.939. The second-order valence-electron chi connectivity index (χ2n) is 4.16. The summed E-state index contributed by atoms with van der Waals surface area (Å²) < 4.78 is 18.2. The Hall–Kier alpha value is -0.930. The molecule has 16 heavy (non-hydrogen) atoms. The van der Waals surface area contributed by atoms with E-state index >= 15 is 0 Å². The Kier molecular flexibility index (Phi) is 5.43. The van der Waals surface area contributed by atoms with Gasteiger partial charge in [-0.1, -0.05) is 19.1 Å². The number of hydrogen-bond donors (Lipinski definition) is 1. The van der Waals surface area contributed by atoms with Crippen LogP contribution < -0.4 is 5.73 Å². The normalized spacial score (nSPS) is 14.8. The van der Waals surface area contributed by atoms with Crippen LogP contribution in [0.4, 0.5) is 4.39 Å². The Balaban J connectivity index is 2.73. The summed E-state index contributed by atoms with van der Waals surface area (Å²) in [6, 6.07) is 6.69. The number of benzene rings is 1. The molecule has 1 rings (SSSR count). The molecule has 0 aliphatic carbocycles. The maximum absolute atomic E-state index is 13.1. The van der Waals surface area contributed by atoms with Gasteiger partial charge in [-0.2, -0.15) is 0 Å². The molecule has 90 valence electrons. The van der Waals surface area contributed by atoms with E-state index in [1.165, 1.54) is 6.07 Å². The lowest BCUT2D eigenvalue weighted by atomic mass is 9.85. The van der Waals surface area contributed by atoms with Crippen LogP contribution in [0, 0.1) is 11.7 Å². The van der Waals surface area contributed by atoms with Crippen molar-refractivity contribution in [3.63, 3.8) is 0 Å². The van der Waals surface area contributed by atoms with Gasteiger partial charge in [0.1, 0.15) is 5.82 Å². The van der Waals surface area contributed by atoms with E-state index in [-0.39, 0.29) is 11.7 Å². The van der Waals surface area contributed by atoms with Gasteiger partial charge in [0.15, 0.2) is 0 Å². The van der Waals surface area contributed by atoms with Crippen molar-refractivity contribution in [3.8, 4) is 0 Å². The lowest BCUT2D eigenvalue weighted by Gasteiger charge is -2.22. The topological polar surface area (TPSA) is 35.2 Å². The summed E-state index contributed by atoms with van der Waals surface area (Å²) in [7, 11) is 1.69. The summed E-state index contributed by atoms with van der Waals surface area (Å²) in [4.78, 5) is 0. The lowest BCUT2D eigenvalue weighted by molar-refractivity contribution is 0.174. The number of nitrogens with two attached hydrogens (primary N) is 1. The highest BCUT2D eigenvalue weighted by Gasteiger charge is 2.17. The van der Waals surface area contributed by atoms with Crippen molar-refractivity contribution in [2.24, 2.45) is 11.7 Å². The highest BCUT2D eigenvalue weighted by atomic mass is 19.1. The van der Waals surface area contributed by atoms with Crippen molar-refractivity contribution in [1.82, 2.24) is 0 Å². The molecule has 0 amide bonds. The van der Waals surface area contributed by atoms with Crippen molar-refractivity contribution in [3.05, 3.63) is 35.6 Å². The van der Waals surface area contributed by atoms with Crippen molar-refractivity contribution in [2.75, 3.05) is 20.3 Å². The Morgan fingerprint density at radius 2 is 2.19 bits per heavy atom. The summed E-state index contributed by atoms with van der Waals surface area (Å²) in [5.41, 5.74) is 6.74. The maximum Gasteiger partial charge on any atom is 0.123 e. The molecule has 0 aliphatic heterocycles. The number of rotatable bonds is 6. The molecule has 0 saturated heterocycles. The van der Waals surface area contributed by atoms with Gasteiger partial charge in [0, 0.05) is 13.7 Å². The highest BCUT2D eigenvalue weighted by Crippen LogP contribution is 2.26. The minimum Gasteiger partial charge on any atom is -0.385 e. The Morgan fingerprint density at radius 1 is 1.44 bits per heavy atom. The smallest absolute Gasteiger partial charge is 0.123 e. The number of methoxy groups -OCH3 is 1. The molecule has 0 saturated carbocycles. The Bertz CT molecular complexity index is 317. The highest BCUT2D eigenvalue weighted by molar-refractivity contribution is 5.21. The second kappa shape index (κ2) is 6.61. The van der Waals surface area contributed by atoms with Crippen LogP contribution in [0.15, 0.2) is 24.3 Å². The summed E-state index contributed by atoms with van der Waals surface area (Å²) in [6.45, 7) is 3.38. The molecular formula is C13H20FNO. The molecule has 0 aromatic heterocycles. The van der Waals surface area contributed by atoms with Gasteiger partial charge in [-0.05, 0) is 42.5 Å². The lowest BCUT2D eigenvalue weighted by Crippen LogP contribution is -2.20. The third kappa shape index (κ3) is 3.58. The van der Waals surface area contributed by atoms with Gasteiger partial charge in [-0.15, -0.1) is 0 Å². The van der Waals surface area contributed by atoms with E-state index in [9.17, 15) is 4.39 Å². The molecule has 2 unspecified atom stereocenters. The SMILES string of the molecule is COCCC(C)C(CN)c1cccc(F)c1. The minimum absolute atomic E-state index is 0.199. The van der Waals surface area contributed by atoms with E-state index < -0.39 is 0 Å². The van der Waals surface area contributed by atoms with Gasteiger partial charge in [-0.25, -0.2) is 4.39 Å². The fourth-order valence-corrected chi connectivity index (χ4v) is 1.94. The third-order valence-electron chi connectivity index (χ3n) is 2.99. The van der Waals surface area contributed by atoms with Gasteiger partial charge in [0.05, 0.1) is 0 Å². The molecule has 2 nitrogen and oxygen atoms in total. The van der Waals surface area contributed by atoms with Crippen LogP contribution in [0.3, 0.4) is 0 Å². The fourth-order valence-electron chi connectivity index (χ4n) is 1.94. The van der Waals surface area contributed by atoms with E-state index in [0.717, 1.165) is 12.0 Å². The molecule has 0 aliphatic rings. The molecule has 1 aromatic rings. The molecule has 0 bridgehead atoms. The van der Waals surface area contributed by atoms with E-state index in [1.807, 2.05) is 6.07 Å². The fraction of sp³-hybridized carbons (Fsp3) is 0.538. The quantitative estimate of drug-likeness (QED) is 0.807. The molecule has 0 spiro atoms. The van der Waals surface area contributed by atoms with Gasteiger partial charge < -0.3 is 10.5 Å². The van der Waals surface area contributed by atoms with Crippen LogP contribution in [-0.4, -0.2) is 20.3 Å².